The fourth-order valence-electron chi connectivity index (χ4n) is 1.79. The van der Waals surface area contributed by atoms with Crippen molar-refractivity contribution in [3.8, 4) is 0 Å². The monoisotopic (exact) mass is 293 g/mol. The first-order valence-electron chi connectivity index (χ1n) is 5.87. The van der Waals surface area contributed by atoms with Crippen LogP contribution in [0.25, 0.3) is 0 Å². The van der Waals surface area contributed by atoms with Crippen LogP contribution in [-0.4, -0.2) is 5.78 Å². The summed E-state index contributed by atoms with van der Waals surface area (Å²) in [7, 11) is 0. The van der Waals surface area contributed by atoms with Gasteiger partial charge in [-0.2, -0.15) is 0 Å². The molecular formula is C15H13Cl2NO. The van der Waals surface area contributed by atoms with Gasteiger partial charge in [-0.05, 0) is 23.3 Å². The Kier molecular flexibility index (Phi) is 4.59. The molecule has 0 aliphatic rings. The van der Waals surface area contributed by atoms with Crippen LogP contribution in [-0.2, 0) is 13.0 Å². The van der Waals surface area contributed by atoms with Crippen molar-refractivity contribution in [1.29, 1.82) is 0 Å². The number of nitrogens with two attached hydrogens (primary N) is 1. The summed E-state index contributed by atoms with van der Waals surface area (Å²) >= 11 is 12.1. The SMILES string of the molecule is NCc1ccc(C(=O)Cc2c(Cl)cccc2Cl)cc1. The molecule has 0 radical (unpaired) electrons. The number of Topliss-reactive ketones (excluding diaryl/α,β-unsaturated/α-hetero) is 1. The number of benzene rings is 2. The molecule has 0 bridgehead atoms. The highest BCUT2D eigenvalue weighted by Gasteiger charge is 2.12. The molecule has 0 aliphatic heterocycles. The molecule has 2 rings (SSSR count). The predicted octanol–water partition coefficient (Wildman–Crippen LogP) is 3.88. The van der Waals surface area contributed by atoms with E-state index in [2.05, 4.69) is 0 Å². The number of hydrogen-bond donors (Lipinski definition) is 1. The molecule has 2 aromatic carbocycles. The van der Waals surface area contributed by atoms with Crippen molar-refractivity contribution >= 4 is 29.0 Å². The Labute approximate surface area is 122 Å². The molecule has 0 saturated heterocycles. The molecule has 2 nitrogen and oxygen atoms in total. The largest absolute Gasteiger partial charge is 0.326 e. The van der Waals surface area contributed by atoms with Crippen LogP contribution in [0.5, 0.6) is 0 Å². The summed E-state index contributed by atoms with van der Waals surface area (Å²) in [5.41, 5.74) is 7.81. The number of halogens is 2. The maximum absolute atomic E-state index is 12.2. The molecule has 19 heavy (non-hydrogen) atoms. The zero-order valence-corrected chi connectivity index (χ0v) is 11.7. The maximum atomic E-state index is 12.2. The van der Waals surface area contributed by atoms with Crippen LogP contribution in [0.1, 0.15) is 21.5 Å². The summed E-state index contributed by atoms with van der Waals surface area (Å²) in [5.74, 6) is -0.0152. The molecule has 2 aromatic rings. The van der Waals surface area contributed by atoms with Gasteiger partial charge in [0.25, 0.3) is 0 Å². The van der Waals surface area contributed by atoms with E-state index in [1.807, 2.05) is 12.1 Å². The first-order chi connectivity index (χ1) is 9.11. The summed E-state index contributed by atoms with van der Waals surface area (Å²) in [5, 5.41) is 1.03. The van der Waals surface area contributed by atoms with Gasteiger partial charge < -0.3 is 5.73 Å². The smallest absolute Gasteiger partial charge is 0.167 e. The van der Waals surface area contributed by atoms with Crippen LogP contribution >= 0.6 is 23.2 Å². The van der Waals surface area contributed by atoms with E-state index in [1.165, 1.54) is 0 Å². The molecule has 98 valence electrons. The molecule has 0 heterocycles. The molecule has 0 spiro atoms. The zero-order chi connectivity index (χ0) is 13.8. The number of ketones is 1. The standard InChI is InChI=1S/C15H13Cl2NO/c16-13-2-1-3-14(17)12(13)8-15(19)11-6-4-10(9-18)5-7-11/h1-7H,8-9,18H2. The Balaban J connectivity index is 2.20. The number of rotatable bonds is 4. The van der Waals surface area contributed by atoms with E-state index in [9.17, 15) is 4.79 Å². The number of hydrogen-bond acceptors (Lipinski definition) is 2. The highest BCUT2D eigenvalue weighted by molar-refractivity contribution is 6.36. The minimum Gasteiger partial charge on any atom is -0.326 e. The molecular weight excluding hydrogens is 281 g/mol. The Morgan fingerprint density at radius 3 is 2.11 bits per heavy atom. The van der Waals surface area contributed by atoms with Crippen LogP contribution in [0, 0.1) is 0 Å². The number of carbonyl (C=O) groups is 1. The minimum absolute atomic E-state index is 0.0152. The molecule has 0 unspecified atom stereocenters. The second-order valence-corrected chi connectivity index (χ2v) is 5.02. The first kappa shape index (κ1) is 14.1. The minimum atomic E-state index is -0.0152. The van der Waals surface area contributed by atoms with Gasteiger partial charge in [0, 0.05) is 28.6 Å². The van der Waals surface area contributed by atoms with Gasteiger partial charge in [-0.1, -0.05) is 53.5 Å². The van der Waals surface area contributed by atoms with Crippen molar-refractivity contribution in [3.63, 3.8) is 0 Å². The van der Waals surface area contributed by atoms with Gasteiger partial charge in [0.1, 0.15) is 0 Å². The molecule has 0 aliphatic carbocycles. The molecule has 4 heteroatoms. The van der Waals surface area contributed by atoms with E-state index in [1.54, 1.807) is 30.3 Å². The third-order valence-corrected chi connectivity index (χ3v) is 3.62. The Bertz CT molecular complexity index is 573. The molecule has 0 saturated carbocycles. The van der Waals surface area contributed by atoms with Gasteiger partial charge in [-0.15, -0.1) is 0 Å². The Morgan fingerprint density at radius 2 is 1.58 bits per heavy atom. The average molecular weight is 294 g/mol. The summed E-state index contributed by atoms with van der Waals surface area (Å²) in [4.78, 5) is 12.2. The fourth-order valence-corrected chi connectivity index (χ4v) is 2.32. The third kappa shape index (κ3) is 3.35. The Morgan fingerprint density at radius 1 is 1.00 bits per heavy atom. The first-order valence-corrected chi connectivity index (χ1v) is 6.62. The normalized spacial score (nSPS) is 10.5. The van der Waals surface area contributed by atoms with Gasteiger partial charge >= 0.3 is 0 Å². The lowest BCUT2D eigenvalue weighted by Gasteiger charge is -2.06. The lowest BCUT2D eigenvalue weighted by Crippen LogP contribution is -2.05. The van der Waals surface area contributed by atoms with Crippen molar-refractivity contribution in [2.75, 3.05) is 0 Å². The van der Waals surface area contributed by atoms with Gasteiger partial charge in [0.2, 0.25) is 0 Å². The van der Waals surface area contributed by atoms with Crippen LogP contribution in [0.2, 0.25) is 10.0 Å². The van der Waals surface area contributed by atoms with Gasteiger partial charge in [0.15, 0.2) is 5.78 Å². The summed E-state index contributed by atoms with van der Waals surface area (Å²) < 4.78 is 0. The van der Waals surface area contributed by atoms with Crippen molar-refractivity contribution in [3.05, 3.63) is 69.2 Å². The lowest BCUT2D eigenvalue weighted by atomic mass is 10.0. The van der Waals surface area contributed by atoms with Crippen LogP contribution in [0.3, 0.4) is 0 Å². The summed E-state index contributed by atoms with van der Waals surface area (Å²) in [6, 6.07) is 12.5. The van der Waals surface area contributed by atoms with Crippen molar-refractivity contribution in [2.24, 2.45) is 5.73 Å². The van der Waals surface area contributed by atoms with E-state index in [-0.39, 0.29) is 12.2 Å². The molecule has 0 fully saturated rings. The lowest BCUT2D eigenvalue weighted by molar-refractivity contribution is 0.0993. The molecule has 2 N–H and O–H groups in total. The Hall–Kier alpha value is -1.35. The second-order valence-electron chi connectivity index (χ2n) is 4.20. The van der Waals surface area contributed by atoms with E-state index >= 15 is 0 Å². The second kappa shape index (κ2) is 6.20. The number of carbonyl (C=O) groups excluding carboxylic acids is 1. The van der Waals surface area contributed by atoms with Crippen LogP contribution in [0.15, 0.2) is 42.5 Å². The van der Waals surface area contributed by atoms with E-state index in [4.69, 9.17) is 28.9 Å². The highest BCUT2D eigenvalue weighted by atomic mass is 35.5. The molecule has 0 aromatic heterocycles. The fraction of sp³-hybridized carbons (Fsp3) is 0.133. The zero-order valence-electron chi connectivity index (χ0n) is 10.2. The quantitative estimate of drug-likeness (QED) is 0.870. The van der Waals surface area contributed by atoms with Gasteiger partial charge in [0.05, 0.1) is 0 Å². The van der Waals surface area contributed by atoms with E-state index < -0.39 is 0 Å². The molecule has 0 amide bonds. The summed E-state index contributed by atoms with van der Waals surface area (Å²) in [6.07, 6.45) is 0.195. The predicted molar refractivity (Wildman–Crippen MR) is 78.8 cm³/mol. The third-order valence-electron chi connectivity index (χ3n) is 2.91. The van der Waals surface area contributed by atoms with E-state index in [0.29, 0.717) is 27.7 Å². The average Bonchev–Trinajstić information content (AvgIpc) is 2.43. The maximum Gasteiger partial charge on any atom is 0.167 e. The van der Waals surface area contributed by atoms with Crippen LogP contribution < -0.4 is 5.73 Å². The highest BCUT2D eigenvalue weighted by Crippen LogP contribution is 2.25. The van der Waals surface area contributed by atoms with Crippen molar-refractivity contribution in [2.45, 2.75) is 13.0 Å². The van der Waals surface area contributed by atoms with Gasteiger partial charge in [-0.25, -0.2) is 0 Å². The van der Waals surface area contributed by atoms with Crippen LogP contribution in [0.4, 0.5) is 0 Å². The van der Waals surface area contributed by atoms with Crippen molar-refractivity contribution < 1.29 is 4.79 Å². The topological polar surface area (TPSA) is 43.1 Å². The van der Waals surface area contributed by atoms with Gasteiger partial charge in [-0.3, -0.25) is 4.79 Å². The van der Waals surface area contributed by atoms with Crippen molar-refractivity contribution in [1.82, 2.24) is 0 Å². The molecule has 0 atom stereocenters. The van der Waals surface area contributed by atoms with E-state index in [0.717, 1.165) is 5.56 Å². The summed E-state index contributed by atoms with van der Waals surface area (Å²) in [6.45, 7) is 0.463.